The number of rotatable bonds is 3. The molecule has 0 aromatic carbocycles. The number of nitrogens with one attached hydrogen (secondary N) is 2. The number of carbonyl (C=O) groups is 2. The van der Waals surface area contributed by atoms with E-state index in [9.17, 15) is 23.2 Å². The second kappa shape index (κ2) is 9.26. The van der Waals surface area contributed by atoms with Crippen LogP contribution in [0.4, 0.5) is 24.7 Å². The lowest BCUT2D eigenvalue weighted by Crippen LogP contribution is -2.61. The highest BCUT2D eigenvalue weighted by molar-refractivity contribution is 6.04. The molecule has 11 nitrogen and oxygen atoms in total. The molecule has 3 aliphatic heterocycles. The first-order chi connectivity index (χ1) is 16.6. The smallest absolute Gasteiger partial charge is 0.475 e. The van der Waals surface area contributed by atoms with Gasteiger partial charge in [-0.15, -0.1) is 5.10 Å². The van der Waals surface area contributed by atoms with E-state index in [-0.39, 0.29) is 11.6 Å². The van der Waals surface area contributed by atoms with Crippen LogP contribution in [0.15, 0.2) is 30.5 Å². The topological polar surface area (TPSA) is 141 Å². The molecule has 35 heavy (non-hydrogen) atoms. The average molecular weight is 490 g/mol. The first-order valence-corrected chi connectivity index (χ1v) is 10.6. The highest BCUT2D eigenvalue weighted by atomic mass is 19.4. The van der Waals surface area contributed by atoms with Crippen molar-refractivity contribution in [2.45, 2.75) is 31.1 Å². The summed E-state index contributed by atoms with van der Waals surface area (Å²) in [6.07, 6.45) is -1.11. The number of piperidine rings is 2. The third kappa shape index (κ3) is 5.04. The van der Waals surface area contributed by atoms with Crippen molar-refractivity contribution in [1.29, 1.82) is 5.26 Å². The van der Waals surface area contributed by atoms with Gasteiger partial charge in [-0.25, -0.2) is 9.31 Å². The summed E-state index contributed by atoms with van der Waals surface area (Å²) in [5.74, 6) is -2.20. The first kappa shape index (κ1) is 24.0. The number of piperazine rings is 1. The minimum absolute atomic E-state index is 0.183. The molecule has 3 aromatic heterocycles. The number of carbonyl (C=O) groups excluding carboxylic acids is 1. The SMILES string of the molecule is Cn1cc(NC(=O)c2ccc3ccc(N4C[C@@H]5CC[C@H]4CN5)nn23)c(C#N)n1.O=C(O)C(F)(F)F. The van der Waals surface area contributed by atoms with Crippen LogP contribution in [0, 0.1) is 11.3 Å². The van der Waals surface area contributed by atoms with Crippen molar-refractivity contribution in [2.75, 3.05) is 23.3 Å². The maximum Gasteiger partial charge on any atom is 0.490 e. The Bertz CT molecular complexity index is 1300. The highest BCUT2D eigenvalue weighted by Crippen LogP contribution is 2.27. The lowest BCUT2D eigenvalue weighted by molar-refractivity contribution is -0.192. The number of nitrogens with zero attached hydrogens (tertiary/aromatic N) is 6. The van der Waals surface area contributed by atoms with Crippen molar-refractivity contribution < 1.29 is 27.9 Å². The van der Waals surface area contributed by atoms with Crippen molar-refractivity contribution in [1.82, 2.24) is 24.7 Å². The van der Waals surface area contributed by atoms with Gasteiger partial charge >= 0.3 is 12.1 Å². The molecule has 0 radical (unpaired) electrons. The van der Waals surface area contributed by atoms with E-state index in [2.05, 4.69) is 20.6 Å². The summed E-state index contributed by atoms with van der Waals surface area (Å²) in [5.41, 5.74) is 1.84. The van der Waals surface area contributed by atoms with Crippen LogP contribution in [-0.2, 0) is 11.8 Å². The van der Waals surface area contributed by atoms with Gasteiger partial charge in [0.1, 0.15) is 17.6 Å². The fourth-order valence-corrected chi connectivity index (χ4v) is 4.14. The molecule has 14 heteroatoms. The van der Waals surface area contributed by atoms with Gasteiger partial charge in [0.15, 0.2) is 5.69 Å². The van der Waals surface area contributed by atoms with E-state index in [1.54, 1.807) is 23.8 Å². The number of aliphatic carboxylic acids is 1. The minimum atomic E-state index is -5.08. The van der Waals surface area contributed by atoms with Gasteiger partial charge in [0.2, 0.25) is 0 Å². The second-order valence-corrected chi connectivity index (χ2v) is 8.17. The Morgan fingerprint density at radius 1 is 1.23 bits per heavy atom. The summed E-state index contributed by atoms with van der Waals surface area (Å²) in [5, 5.41) is 31.4. The summed E-state index contributed by atoms with van der Waals surface area (Å²) in [4.78, 5) is 24.1. The Morgan fingerprint density at radius 2 is 1.94 bits per heavy atom. The van der Waals surface area contributed by atoms with Crippen LogP contribution in [0.2, 0.25) is 0 Å². The number of aryl methyl sites for hydroxylation is 1. The van der Waals surface area contributed by atoms with Crippen molar-refractivity contribution >= 4 is 28.9 Å². The van der Waals surface area contributed by atoms with Crippen LogP contribution in [0.25, 0.3) is 5.52 Å². The number of carboxylic acid groups (broad SMARTS) is 1. The Balaban J connectivity index is 0.000000364. The Hall–Kier alpha value is -4.12. The van der Waals surface area contributed by atoms with Gasteiger partial charge < -0.3 is 20.6 Å². The van der Waals surface area contributed by atoms with Gasteiger partial charge in [-0.1, -0.05) is 0 Å². The van der Waals surface area contributed by atoms with Crippen LogP contribution in [0.3, 0.4) is 0 Å². The number of halogens is 3. The standard InChI is InChI=1S/C19H20N8O.C2HF3O2/c1-25-11-16(15(8-20)23-25)22-19(28)17-6-4-13-5-7-18(24-27(13)17)26-10-12-2-3-14(26)9-21-12;3-2(4,5)1(6)7/h4-7,11-12,14,21H,2-3,9-10H2,1H3,(H,22,28);(H,6,7)/t12-,14-;/m0./s1. The Labute approximate surface area is 196 Å². The third-order valence-electron chi connectivity index (χ3n) is 5.79. The molecule has 3 fully saturated rings. The maximum absolute atomic E-state index is 12.8. The molecule has 0 unspecified atom stereocenters. The van der Waals surface area contributed by atoms with Crippen LogP contribution >= 0.6 is 0 Å². The molecular formula is C21H21F3N8O3. The van der Waals surface area contributed by atoms with Crippen LogP contribution < -0.4 is 15.5 Å². The van der Waals surface area contributed by atoms with Crippen molar-refractivity contribution in [3.05, 3.63) is 41.9 Å². The van der Waals surface area contributed by atoms with Crippen molar-refractivity contribution in [3.8, 4) is 6.07 Å². The summed E-state index contributed by atoms with van der Waals surface area (Å²) in [7, 11) is 1.71. The van der Waals surface area contributed by atoms with E-state index >= 15 is 0 Å². The third-order valence-corrected chi connectivity index (χ3v) is 5.79. The number of fused-ring (bicyclic) bond motifs is 4. The largest absolute Gasteiger partial charge is 0.490 e. The predicted molar refractivity (Wildman–Crippen MR) is 117 cm³/mol. The van der Waals surface area contributed by atoms with Gasteiger partial charge in [-0.2, -0.15) is 23.5 Å². The molecule has 1 amide bonds. The molecule has 0 saturated carbocycles. The number of nitriles is 1. The van der Waals surface area contributed by atoms with Gasteiger partial charge in [-0.3, -0.25) is 9.48 Å². The minimum Gasteiger partial charge on any atom is -0.475 e. The molecule has 0 spiro atoms. The molecule has 0 aliphatic carbocycles. The number of hydrogen-bond acceptors (Lipinski definition) is 7. The summed E-state index contributed by atoms with van der Waals surface area (Å²) < 4.78 is 34.9. The molecule has 3 saturated heterocycles. The van der Waals surface area contributed by atoms with E-state index in [1.165, 1.54) is 11.1 Å². The zero-order chi connectivity index (χ0) is 25.3. The fourth-order valence-electron chi connectivity index (χ4n) is 4.14. The molecule has 6 rings (SSSR count). The van der Waals surface area contributed by atoms with Gasteiger partial charge in [0, 0.05) is 38.4 Å². The van der Waals surface area contributed by atoms with Crippen LogP contribution in [0.1, 0.15) is 29.0 Å². The number of alkyl halides is 3. The lowest BCUT2D eigenvalue weighted by atomic mass is 9.93. The van der Waals surface area contributed by atoms with Crippen molar-refractivity contribution in [2.24, 2.45) is 7.05 Å². The zero-order valence-corrected chi connectivity index (χ0v) is 18.5. The molecule has 3 aromatic rings. The molecular weight excluding hydrogens is 469 g/mol. The Kier molecular flexibility index (Phi) is 6.35. The summed E-state index contributed by atoms with van der Waals surface area (Å²) >= 11 is 0. The van der Waals surface area contributed by atoms with Gasteiger partial charge in [0.25, 0.3) is 5.91 Å². The number of aromatic nitrogens is 4. The Morgan fingerprint density at radius 3 is 2.51 bits per heavy atom. The van der Waals surface area contributed by atoms with Crippen molar-refractivity contribution in [3.63, 3.8) is 0 Å². The molecule has 2 bridgehead atoms. The van der Waals surface area contributed by atoms with E-state index in [0.29, 0.717) is 23.5 Å². The van der Waals surface area contributed by atoms with Crippen LogP contribution in [-0.4, -0.2) is 67.7 Å². The predicted octanol–water partition coefficient (Wildman–Crippen LogP) is 1.77. The van der Waals surface area contributed by atoms with E-state index < -0.39 is 12.1 Å². The summed E-state index contributed by atoms with van der Waals surface area (Å²) in [6.45, 7) is 1.91. The number of hydrogen-bond donors (Lipinski definition) is 3. The number of anilines is 2. The summed E-state index contributed by atoms with van der Waals surface area (Å²) in [6, 6.07) is 10.6. The van der Waals surface area contributed by atoms with Crippen LogP contribution in [0.5, 0.6) is 0 Å². The molecule has 184 valence electrons. The monoisotopic (exact) mass is 490 g/mol. The van der Waals surface area contributed by atoms with Gasteiger partial charge in [-0.05, 0) is 37.1 Å². The van der Waals surface area contributed by atoms with Gasteiger partial charge in [0.05, 0.1) is 11.2 Å². The normalized spacial score (nSPS) is 19.1. The maximum atomic E-state index is 12.8. The number of amides is 1. The highest BCUT2D eigenvalue weighted by Gasteiger charge is 2.38. The first-order valence-electron chi connectivity index (χ1n) is 10.6. The average Bonchev–Trinajstić information content (AvgIpc) is 3.41. The van der Waals surface area contributed by atoms with E-state index in [4.69, 9.17) is 15.0 Å². The lowest BCUT2D eigenvalue weighted by Gasteiger charge is -2.46. The van der Waals surface area contributed by atoms with E-state index in [1.807, 2.05) is 24.3 Å². The number of carboxylic acids is 1. The molecule has 2 atom stereocenters. The second-order valence-electron chi connectivity index (χ2n) is 8.17. The molecule has 6 heterocycles. The molecule has 3 N–H and O–H groups in total. The fraction of sp³-hybridized carbons (Fsp3) is 0.381. The zero-order valence-electron chi connectivity index (χ0n) is 18.5. The van der Waals surface area contributed by atoms with E-state index in [0.717, 1.165) is 30.8 Å². The molecule has 3 aliphatic rings. The quantitative estimate of drug-likeness (QED) is 0.505.